The van der Waals surface area contributed by atoms with Gasteiger partial charge in [-0.15, -0.1) is 0 Å². The summed E-state index contributed by atoms with van der Waals surface area (Å²) in [5, 5.41) is 3.01. The van der Waals surface area contributed by atoms with Gasteiger partial charge in [0.15, 0.2) is 0 Å². The van der Waals surface area contributed by atoms with Crippen molar-refractivity contribution in [2.45, 2.75) is 51.2 Å². The van der Waals surface area contributed by atoms with Crippen molar-refractivity contribution in [3.8, 4) is 0 Å². The van der Waals surface area contributed by atoms with Gasteiger partial charge in [-0.1, -0.05) is 55.3 Å². The number of anilines is 1. The van der Waals surface area contributed by atoms with Gasteiger partial charge in [-0.3, -0.25) is 9.59 Å². The number of halogens is 1. The van der Waals surface area contributed by atoms with E-state index in [-0.39, 0.29) is 24.2 Å². The topological polar surface area (TPSA) is 90.0 Å². The van der Waals surface area contributed by atoms with E-state index in [0.717, 1.165) is 45.9 Å². The molecule has 0 radical (unpaired) electrons. The number of hydrogen-bond acceptors (Lipinski definition) is 4. The molecule has 10 heteroatoms. The molecule has 0 spiro atoms. The molecule has 0 aromatic heterocycles. The molecule has 1 atom stereocenters. The molecular formula is C25H33FN4O4S. The third-order valence-corrected chi connectivity index (χ3v) is 8.01. The fraction of sp³-hybridized carbons (Fsp3) is 0.440. The van der Waals surface area contributed by atoms with Crippen molar-refractivity contribution in [3.05, 3.63) is 66.0 Å². The van der Waals surface area contributed by atoms with Gasteiger partial charge in [0.25, 0.3) is 0 Å². The number of nitrogens with one attached hydrogen (secondary N) is 1. The minimum atomic E-state index is -4.20. The first-order chi connectivity index (χ1) is 16.6. The Balaban J connectivity index is 1.92. The lowest BCUT2D eigenvalue weighted by atomic mass is 10.1. The van der Waals surface area contributed by atoms with Gasteiger partial charge in [0.05, 0.1) is 5.69 Å². The molecule has 1 aliphatic carbocycles. The van der Waals surface area contributed by atoms with Crippen LogP contribution in [0.4, 0.5) is 10.1 Å². The first kappa shape index (κ1) is 26.6. The molecule has 3 rings (SSSR count). The molecule has 2 aromatic carbocycles. The first-order valence-corrected chi connectivity index (χ1v) is 13.1. The van der Waals surface area contributed by atoms with Crippen LogP contribution in [-0.2, 0) is 26.3 Å². The van der Waals surface area contributed by atoms with E-state index in [0.29, 0.717) is 0 Å². The SMILES string of the molecule is C[C@H](C(=O)NC1CCCC1)N(Cc1ccccc1)C(=O)CN(c1ccccc1F)S(=O)(=O)N(C)C. The summed E-state index contributed by atoms with van der Waals surface area (Å²) in [5.74, 6) is -1.68. The minimum Gasteiger partial charge on any atom is -0.352 e. The van der Waals surface area contributed by atoms with Crippen molar-refractivity contribution in [1.82, 2.24) is 14.5 Å². The summed E-state index contributed by atoms with van der Waals surface area (Å²) in [4.78, 5) is 28.0. The Morgan fingerprint density at radius 1 is 1.03 bits per heavy atom. The van der Waals surface area contributed by atoms with Gasteiger partial charge in [0, 0.05) is 26.7 Å². The van der Waals surface area contributed by atoms with Crippen molar-refractivity contribution in [3.63, 3.8) is 0 Å². The average Bonchev–Trinajstić information content (AvgIpc) is 3.34. The number of carbonyl (C=O) groups excluding carboxylic acids is 2. The van der Waals surface area contributed by atoms with Crippen LogP contribution < -0.4 is 9.62 Å². The van der Waals surface area contributed by atoms with E-state index in [1.807, 2.05) is 30.3 Å². The number of rotatable bonds is 10. The highest BCUT2D eigenvalue weighted by Gasteiger charge is 2.34. The van der Waals surface area contributed by atoms with Crippen molar-refractivity contribution in [2.75, 3.05) is 24.9 Å². The second kappa shape index (κ2) is 11.6. The molecule has 0 bridgehead atoms. The zero-order valence-corrected chi connectivity index (χ0v) is 21.2. The molecule has 1 saturated carbocycles. The van der Waals surface area contributed by atoms with Gasteiger partial charge in [-0.25, -0.2) is 8.70 Å². The molecule has 2 amide bonds. The Labute approximate surface area is 206 Å². The van der Waals surface area contributed by atoms with E-state index in [1.54, 1.807) is 6.92 Å². The second-order valence-corrected chi connectivity index (χ2v) is 11.0. The van der Waals surface area contributed by atoms with E-state index in [1.165, 1.54) is 37.2 Å². The lowest BCUT2D eigenvalue weighted by Crippen LogP contribution is -2.53. The van der Waals surface area contributed by atoms with Gasteiger partial charge in [-0.2, -0.15) is 12.7 Å². The number of nitrogens with zero attached hydrogens (tertiary/aromatic N) is 3. The van der Waals surface area contributed by atoms with E-state index >= 15 is 0 Å². The summed E-state index contributed by atoms with van der Waals surface area (Å²) in [6, 6.07) is 13.7. The van der Waals surface area contributed by atoms with Gasteiger partial charge in [0.1, 0.15) is 18.4 Å². The Hall–Kier alpha value is -2.98. The third-order valence-electron chi connectivity index (χ3n) is 6.20. The van der Waals surface area contributed by atoms with Crippen molar-refractivity contribution in [1.29, 1.82) is 0 Å². The highest BCUT2D eigenvalue weighted by Crippen LogP contribution is 2.24. The molecule has 1 fully saturated rings. The number of amides is 2. The van der Waals surface area contributed by atoms with E-state index < -0.39 is 34.5 Å². The van der Waals surface area contributed by atoms with Crippen LogP contribution in [0.3, 0.4) is 0 Å². The van der Waals surface area contributed by atoms with Crippen molar-refractivity contribution < 1.29 is 22.4 Å². The van der Waals surface area contributed by atoms with Gasteiger partial charge in [0.2, 0.25) is 11.8 Å². The zero-order valence-electron chi connectivity index (χ0n) is 20.4. The van der Waals surface area contributed by atoms with Gasteiger partial charge >= 0.3 is 10.2 Å². The second-order valence-electron chi connectivity index (χ2n) is 8.92. The monoisotopic (exact) mass is 504 g/mol. The summed E-state index contributed by atoms with van der Waals surface area (Å²) in [6.45, 7) is 1.07. The van der Waals surface area contributed by atoms with Gasteiger partial charge < -0.3 is 10.2 Å². The molecular weight excluding hydrogens is 471 g/mol. The Kier molecular flexibility index (Phi) is 8.85. The highest BCUT2D eigenvalue weighted by atomic mass is 32.2. The van der Waals surface area contributed by atoms with Crippen molar-refractivity contribution in [2.24, 2.45) is 0 Å². The minimum absolute atomic E-state index is 0.0719. The molecule has 1 aliphatic rings. The molecule has 0 aliphatic heterocycles. The third kappa shape index (κ3) is 6.58. The maximum absolute atomic E-state index is 14.6. The Morgan fingerprint density at radius 3 is 2.23 bits per heavy atom. The smallest absolute Gasteiger partial charge is 0.304 e. The standard InChI is InChI=1S/C25H33FN4O4S/c1-19(25(32)27-21-13-7-8-14-21)29(17-20-11-5-4-6-12-20)24(31)18-30(35(33,34)28(2)3)23-16-10-9-15-22(23)26/h4-6,9-12,15-16,19,21H,7-8,13-14,17-18H2,1-3H3,(H,27,32)/t19-/m1/s1. The highest BCUT2D eigenvalue weighted by molar-refractivity contribution is 7.90. The van der Waals surface area contributed by atoms with Gasteiger partial charge in [-0.05, 0) is 37.5 Å². The maximum Gasteiger partial charge on any atom is 0.304 e. The number of carbonyl (C=O) groups is 2. The molecule has 35 heavy (non-hydrogen) atoms. The largest absolute Gasteiger partial charge is 0.352 e. The predicted octanol–water partition coefficient (Wildman–Crippen LogP) is 2.91. The Bertz CT molecular complexity index is 1120. The molecule has 0 unspecified atom stereocenters. The summed E-state index contributed by atoms with van der Waals surface area (Å²) in [6.07, 6.45) is 3.89. The predicted molar refractivity (Wildman–Crippen MR) is 133 cm³/mol. The van der Waals surface area contributed by atoms with E-state index in [4.69, 9.17) is 0 Å². The molecule has 1 N–H and O–H groups in total. The zero-order chi connectivity index (χ0) is 25.6. The molecule has 190 valence electrons. The van der Waals surface area contributed by atoms with Crippen LogP contribution in [0.5, 0.6) is 0 Å². The molecule has 8 nitrogen and oxygen atoms in total. The normalized spacial score (nSPS) is 15.1. The maximum atomic E-state index is 14.6. The van der Waals surface area contributed by atoms with E-state index in [2.05, 4.69) is 5.32 Å². The summed E-state index contributed by atoms with van der Waals surface area (Å²) in [7, 11) is -1.58. The molecule has 0 saturated heterocycles. The summed E-state index contributed by atoms with van der Waals surface area (Å²) >= 11 is 0. The number of benzene rings is 2. The number of hydrogen-bond donors (Lipinski definition) is 1. The number of para-hydroxylation sites is 1. The average molecular weight is 505 g/mol. The first-order valence-electron chi connectivity index (χ1n) is 11.7. The van der Waals surface area contributed by atoms with Crippen LogP contribution in [0, 0.1) is 5.82 Å². The molecule has 2 aromatic rings. The van der Waals surface area contributed by atoms with Crippen LogP contribution in [0.15, 0.2) is 54.6 Å². The lowest BCUT2D eigenvalue weighted by molar-refractivity contribution is -0.139. The van der Waals surface area contributed by atoms with Crippen LogP contribution >= 0.6 is 0 Å². The van der Waals surface area contributed by atoms with Crippen LogP contribution in [0.1, 0.15) is 38.2 Å². The summed E-state index contributed by atoms with van der Waals surface area (Å²) in [5.41, 5.74) is 0.548. The quantitative estimate of drug-likeness (QED) is 0.539. The fourth-order valence-corrected chi connectivity index (χ4v) is 5.17. The van der Waals surface area contributed by atoms with Crippen LogP contribution in [-0.4, -0.2) is 62.2 Å². The van der Waals surface area contributed by atoms with Crippen molar-refractivity contribution >= 4 is 27.7 Å². The Morgan fingerprint density at radius 2 is 1.63 bits per heavy atom. The fourth-order valence-electron chi connectivity index (χ4n) is 4.11. The lowest BCUT2D eigenvalue weighted by Gasteiger charge is -2.33. The van der Waals surface area contributed by atoms with Crippen LogP contribution in [0.2, 0.25) is 0 Å². The van der Waals surface area contributed by atoms with E-state index in [9.17, 15) is 22.4 Å². The summed E-state index contributed by atoms with van der Waals surface area (Å²) < 4.78 is 42.4. The molecule has 0 heterocycles. The van der Waals surface area contributed by atoms with Crippen LogP contribution in [0.25, 0.3) is 0 Å².